The summed E-state index contributed by atoms with van der Waals surface area (Å²) in [4.78, 5) is 0. The summed E-state index contributed by atoms with van der Waals surface area (Å²) < 4.78 is 5.30. The summed E-state index contributed by atoms with van der Waals surface area (Å²) in [5.74, 6) is 0. The van der Waals surface area contributed by atoms with Gasteiger partial charge in [0.2, 0.25) is 6.23 Å². The minimum Gasteiger partial charge on any atom is -0.631 e. The van der Waals surface area contributed by atoms with Gasteiger partial charge < -0.3 is 14.6 Å². The van der Waals surface area contributed by atoms with Gasteiger partial charge >= 0.3 is 0 Å². The maximum atomic E-state index is 12.3. The molecule has 0 aromatic heterocycles. The fourth-order valence-corrected chi connectivity index (χ4v) is 1.99. The molecule has 2 rings (SSSR count). The average Bonchev–Trinajstić information content (AvgIpc) is 2.63. The molecule has 15 heavy (non-hydrogen) atoms. The Balaban J connectivity index is 2.27. The van der Waals surface area contributed by atoms with Gasteiger partial charge in [-0.05, 0) is 13.8 Å². The number of ether oxygens (including phenoxy) is 1. The van der Waals surface area contributed by atoms with E-state index in [2.05, 4.69) is 0 Å². The van der Waals surface area contributed by atoms with Gasteiger partial charge in [0.05, 0.1) is 6.54 Å². The van der Waals surface area contributed by atoms with Crippen molar-refractivity contribution in [2.75, 3.05) is 19.7 Å². The van der Waals surface area contributed by atoms with Crippen LogP contribution >= 0.6 is 0 Å². The van der Waals surface area contributed by atoms with Gasteiger partial charge in [-0.25, -0.2) is 0 Å². The lowest BCUT2D eigenvalue weighted by Gasteiger charge is -2.41. The first-order valence-corrected chi connectivity index (χ1v) is 5.41. The standard InChI is InChI=1S/C12H17NO2/c1-3-13(14)8-9-15-12(13)11-6-4-10(2)5-7-11/h4-7,12H,3,8-9H2,1-2H3. The summed E-state index contributed by atoms with van der Waals surface area (Å²) in [6.07, 6.45) is -0.324. The molecule has 1 fully saturated rings. The molecule has 0 aliphatic carbocycles. The Bertz CT molecular complexity index is 336. The molecule has 0 radical (unpaired) electrons. The first-order chi connectivity index (χ1) is 7.15. The van der Waals surface area contributed by atoms with E-state index in [-0.39, 0.29) is 10.9 Å². The predicted octanol–water partition coefficient (Wildman–Crippen LogP) is 2.36. The van der Waals surface area contributed by atoms with Crippen LogP contribution < -0.4 is 0 Å². The number of hydrogen-bond donors (Lipinski definition) is 0. The zero-order valence-electron chi connectivity index (χ0n) is 9.27. The molecule has 0 spiro atoms. The second-order valence-electron chi connectivity index (χ2n) is 4.13. The number of rotatable bonds is 2. The van der Waals surface area contributed by atoms with Crippen molar-refractivity contribution in [1.82, 2.24) is 0 Å². The van der Waals surface area contributed by atoms with Gasteiger partial charge in [-0.3, -0.25) is 0 Å². The van der Waals surface area contributed by atoms with E-state index in [1.807, 2.05) is 38.1 Å². The van der Waals surface area contributed by atoms with E-state index in [4.69, 9.17) is 4.74 Å². The van der Waals surface area contributed by atoms with Crippen molar-refractivity contribution in [3.8, 4) is 0 Å². The Morgan fingerprint density at radius 3 is 2.67 bits per heavy atom. The molecule has 0 amide bonds. The number of hydrogen-bond acceptors (Lipinski definition) is 2. The highest BCUT2D eigenvalue weighted by molar-refractivity contribution is 5.22. The molecule has 1 aromatic rings. The molecule has 3 nitrogen and oxygen atoms in total. The monoisotopic (exact) mass is 207 g/mol. The fourth-order valence-electron chi connectivity index (χ4n) is 1.99. The van der Waals surface area contributed by atoms with Crippen molar-refractivity contribution in [3.05, 3.63) is 40.6 Å². The summed E-state index contributed by atoms with van der Waals surface area (Å²) in [5, 5.41) is 12.3. The van der Waals surface area contributed by atoms with Crippen LogP contribution in [0.1, 0.15) is 24.3 Å². The second kappa shape index (κ2) is 3.93. The molecule has 1 saturated heterocycles. The average molecular weight is 207 g/mol. The molecular formula is C12H17NO2. The molecule has 1 aliphatic heterocycles. The van der Waals surface area contributed by atoms with Gasteiger partial charge in [-0.15, -0.1) is 0 Å². The van der Waals surface area contributed by atoms with Crippen molar-refractivity contribution < 1.29 is 9.38 Å². The van der Waals surface area contributed by atoms with Crippen LogP contribution in [0.25, 0.3) is 0 Å². The summed E-state index contributed by atoms with van der Waals surface area (Å²) in [7, 11) is 0. The quantitative estimate of drug-likeness (QED) is 0.551. The van der Waals surface area contributed by atoms with E-state index in [1.54, 1.807) is 0 Å². The van der Waals surface area contributed by atoms with Crippen molar-refractivity contribution in [2.24, 2.45) is 0 Å². The van der Waals surface area contributed by atoms with Crippen molar-refractivity contribution in [3.63, 3.8) is 0 Å². The van der Waals surface area contributed by atoms with Gasteiger partial charge in [0, 0.05) is 5.56 Å². The summed E-state index contributed by atoms with van der Waals surface area (Å²) >= 11 is 0. The van der Waals surface area contributed by atoms with Gasteiger partial charge in [0.1, 0.15) is 13.2 Å². The third-order valence-electron chi connectivity index (χ3n) is 3.07. The van der Waals surface area contributed by atoms with Crippen LogP contribution in [0, 0.1) is 12.1 Å². The Morgan fingerprint density at radius 2 is 2.07 bits per heavy atom. The number of aryl methyl sites for hydroxylation is 1. The van der Waals surface area contributed by atoms with Crippen LogP contribution in [0.3, 0.4) is 0 Å². The van der Waals surface area contributed by atoms with Crippen molar-refractivity contribution in [2.45, 2.75) is 20.1 Å². The van der Waals surface area contributed by atoms with E-state index in [9.17, 15) is 5.21 Å². The van der Waals surface area contributed by atoms with Crippen LogP contribution in [0.5, 0.6) is 0 Å². The molecule has 0 N–H and O–H groups in total. The smallest absolute Gasteiger partial charge is 0.220 e. The molecule has 1 aliphatic rings. The Hall–Kier alpha value is -0.900. The number of benzene rings is 1. The van der Waals surface area contributed by atoms with E-state index in [0.717, 1.165) is 5.56 Å². The Kier molecular flexibility index (Phi) is 2.78. The van der Waals surface area contributed by atoms with E-state index in [0.29, 0.717) is 19.7 Å². The SMILES string of the molecule is CC[N+]1([O-])CCOC1c1ccc(C)cc1. The molecular weight excluding hydrogens is 190 g/mol. The van der Waals surface area contributed by atoms with Crippen LogP contribution in [-0.4, -0.2) is 24.3 Å². The maximum Gasteiger partial charge on any atom is 0.220 e. The first kappa shape index (κ1) is 10.6. The molecule has 0 bridgehead atoms. The Morgan fingerprint density at radius 1 is 1.40 bits per heavy atom. The highest BCUT2D eigenvalue weighted by Crippen LogP contribution is 2.33. The Labute approximate surface area is 90.4 Å². The second-order valence-corrected chi connectivity index (χ2v) is 4.13. The van der Waals surface area contributed by atoms with E-state index >= 15 is 0 Å². The highest BCUT2D eigenvalue weighted by Gasteiger charge is 2.35. The van der Waals surface area contributed by atoms with Crippen LogP contribution in [0.2, 0.25) is 0 Å². The largest absolute Gasteiger partial charge is 0.631 e. The summed E-state index contributed by atoms with van der Waals surface area (Å²) in [6.45, 7) is 5.66. The van der Waals surface area contributed by atoms with Crippen LogP contribution in [-0.2, 0) is 4.74 Å². The molecule has 1 aromatic carbocycles. The molecule has 2 unspecified atom stereocenters. The van der Waals surface area contributed by atoms with Gasteiger partial charge in [0.15, 0.2) is 0 Å². The lowest BCUT2D eigenvalue weighted by molar-refractivity contribution is -0.909. The number of likely N-dealkylation sites (N-methyl/N-ethyl adjacent to an activating group) is 1. The fraction of sp³-hybridized carbons (Fsp3) is 0.500. The first-order valence-electron chi connectivity index (χ1n) is 5.41. The number of hydroxylamine groups is 3. The molecule has 2 atom stereocenters. The zero-order chi connectivity index (χ0) is 10.9. The molecule has 82 valence electrons. The molecule has 3 heteroatoms. The molecule has 1 heterocycles. The highest BCUT2D eigenvalue weighted by atomic mass is 16.6. The predicted molar refractivity (Wildman–Crippen MR) is 58.9 cm³/mol. The minimum absolute atomic E-state index is 0.247. The third-order valence-corrected chi connectivity index (χ3v) is 3.07. The van der Waals surface area contributed by atoms with Crippen molar-refractivity contribution in [1.29, 1.82) is 0 Å². The normalized spacial score (nSPS) is 30.7. The minimum atomic E-state index is -0.324. The van der Waals surface area contributed by atoms with Crippen LogP contribution in [0.15, 0.2) is 24.3 Å². The molecule has 0 saturated carbocycles. The number of quaternary nitrogens is 1. The maximum absolute atomic E-state index is 12.3. The van der Waals surface area contributed by atoms with Crippen LogP contribution in [0.4, 0.5) is 0 Å². The van der Waals surface area contributed by atoms with Gasteiger partial charge in [-0.2, -0.15) is 0 Å². The third kappa shape index (κ3) is 1.91. The summed E-state index contributed by atoms with van der Waals surface area (Å²) in [6, 6.07) is 8.03. The van der Waals surface area contributed by atoms with Crippen molar-refractivity contribution >= 4 is 0 Å². The van der Waals surface area contributed by atoms with Gasteiger partial charge in [-0.1, -0.05) is 29.8 Å². The lowest BCUT2D eigenvalue weighted by Crippen LogP contribution is -2.41. The van der Waals surface area contributed by atoms with Gasteiger partial charge in [0.25, 0.3) is 0 Å². The topological polar surface area (TPSA) is 32.3 Å². The zero-order valence-corrected chi connectivity index (χ0v) is 9.27. The lowest BCUT2D eigenvalue weighted by atomic mass is 10.1. The summed E-state index contributed by atoms with van der Waals surface area (Å²) in [5.41, 5.74) is 2.20. The van der Waals surface area contributed by atoms with E-state index in [1.165, 1.54) is 5.56 Å². The number of nitrogens with zero attached hydrogens (tertiary/aromatic N) is 1. The van der Waals surface area contributed by atoms with E-state index < -0.39 is 0 Å².